The molecule has 9 heteroatoms. The van der Waals surface area contributed by atoms with Crippen LogP contribution in [0.1, 0.15) is 18.1 Å². The number of para-hydroxylation sites is 1. The molecule has 0 unspecified atom stereocenters. The molecule has 0 aliphatic rings. The minimum atomic E-state index is -0.418. The molecule has 3 aromatic carbocycles. The second-order valence-electron chi connectivity index (χ2n) is 8.26. The van der Waals surface area contributed by atoms with Gasteiger partial charge in [-0.3, -0.25) is 14.6 Å². The lowest BCUT2D eigenvalue weighted by Gasteiger charge is -2.13. The number of hydrogen-bond acceptors (Lipinski definition) is 7. The molecule has 1 heterocycles. The van der Waals surface area contributed by atoms with Gasteiger partial charge in [0.25, 0.3) is 11.8 Å². The van der Waals surface area contributed by atoms with Gasteiger partial charge in [0.1, 0.15) is 11.3 Å². The first kappa shape index (κ1) is 26.2. The first-order valence-electron chi connectivity index (χ1n) is 12.1. The Morgan fingerprint density at radius 1 is 0.868 bits per heavy atom. The van der Waals surface area contributed by atoms with Crippen LogP contribution in [0.5, 0.6) is 17.2 Å². The largest absolute Gasteiger partial charge is 0.490 e. The molecule has 0 fully saturated rings. The number of aromatic nitrogens is 1. The first-order valence-corrected chi connectivity index (χ1v) is 12.1. The van der Waals surface area contributed by atoms with Gasteiger partial charge in [-0.2, -0.15) is 5.10 Å². The van der Waals surface area contributed by atoms with Crippen LogP contribution in [-0.4, -0.2) is 42.8 Å². The van der Waals surface area contributed by atoms with Gasteiger partial charge in [0.2, 0.25) is 0 Å². The Labute approximate surface area is 220 Å². The third-order valence-electron chi connectivity index (χ3n) is 5.32. The van der Waals surface area contributed by atoms with Crippen molar-refractivity contribution in [2.24, 2.45) is 5.10 Å². The molecule has 9 nitrogen and oxygen atoms in total. The number of nitrogens with one attached hydrogen (secondary N) is 2. The number of anilines is 1. The molecule has 0 atom stereocenters. The summed E-state index contributed by atoms with van der Waals surface area (Å²) in [6, 6.07) is 21.9. The van der Waals surface area contributed by atoms with E-state index in [1.54, 1.807) is 30.5 Å². The highest BCUT2D eigenvalue weighted by atomic mass is 16.5. The number of rotatable bonds is 11. The molecule has 194 valence electrons. The van der Waals surface area contributed by atoms with Crippen molar-refractivity contribution < 1.29 is 23.8 Å². The fourth-order valence-corrected chi connectivity index (χ4v) is 3.52. The summed E-state index contributed by atoms with van der Waals surface area (Å²) in [7, 11) is 0. The molecular weight excluding hydrogens is 484 g/mol. The highest BCUT2D eigenvalue weighted by Crippen LogP contribution is 2.28. The van der Waals surface area contributed by atoms with Crippen molar-refractivity contribution in [3.05, 3.63) is 90.1 Å². The van der Waals surface area contributed by atoms with Gasteiger partial charge in [0.05, 0.1) is 12.8 Å². The second-order valence-corrected chi connectivity index (χ2v) is 8.26. The van der Waals surface area contributed by atoms with E-state index in [0.29, 0.717) is 40.6 Å². The maximum atomic E-state index is 12.3. The van der Waals surface area contributed by atoms with Gasteiger partial charge in [-0.1, -0.05) is 35.9 Å². The molecule has 0 bridgehead atoms. The summed E-state index contributed by atoms with van der Waals surface area (Å²) in [5, 5.41) is 7.71. The predicted octanol–water partition coefficient (Wildman–Crippen LogP) is 4.49. The number of amides is 2. The molecular formula is C29H28N4O5. The Morgan fingerprint density at radius 3 is 2.45 bits per heavy atom. The predicted molar refractivity (Wildman–Crippen MR) is 146 cm³/mol. The van der Waals surface area contributed by atoms with E-state index in [1.807, 2.05) is 62.4 Å². The zero-order valence-corrected chi connectivity index (χ0v) is 21.1. The van der Waals surface area contributed by atoms with Crippen LogP contribution in [0.2, 0.25) is 0 Å². The lowest BCUT2D eigenvalue weighted by Crippen LogP contribution is -2.24. The van der Waals surface area contributed by atoms with Crippen LogP contribution in [0, 0.1) is 6.92 Å². The number of benzene rings is 3. The van der Waals surface area contributed by atoms with Gasteiger partial charge in [0, 0.05) is 17.3 Å². The summed E-state index contributed by atoms with van der Waals surface area (Å²) in [6.07, 6.45) is 3.15. The molecule has 38 heavy (non-hydrogen) atoms. The van der Waals surface area contributed by atoms with Crippen molar-refractivity contribution in [2.45, 2.75) is 13.8 Å². The molecule has 0 aliphatic carbocycles. The number of aryl methyl sites for hydroxylation is 1. The van der Waals surface area contributed by atoms with Crippen LogP contribution in [0.4, 0.5) is 5.69 Å². The number of hydrazone groups is 1. The first-order chi connectivity index (χ1) is 18.5. The maximum Gasteiger partial charge on any atom is 0.277 e. The van der Waals surface area contributed by atoms with Crippen molar-refractivity contribution >= 4 is 34.6 Å². The molecule has 0 spiro atoms. The van der Waals surface area contributed by atoms with Crippen molar-refractivity contribution in [3.8, 4) is 17.2 Å². The zero-order valence-electron chi connectivity index (χ0n) is 21.1. The van der Waals surface area contributed by atoms with Crippen LogP contribution in [-0.2, 0) is 9.59 Å². The normalized spacial score (nSPS) is 10.8. The lowest BCUT2D eigenvalue weighted by molar-refractivity contribution is -0.123. The molecule has 0 saturated carbocycles. The van der Waals surface area contributed by atoms with Gasteiger partial charge in [0.15, 0.2) is 24.7 Å². The van der Waals surface area contributed by atoms with E-state index in [-0.39, 0.29) is 19.1 Å². The molecule has 1 aromatic heterocycles. The molecule has 0 radical (unpaired) electrons. The van der Waals surface area contributed by atoms with Crippen LogP contribution < -0.4 is 25.0 Å². The average Bonchev–Trinajstić information content (AvgIpc) is 2.93. The molecule has 4 aromatic rings. The zero-order chi connectivity index (χ0) is 26.7. The smallest absolute Gasteiger partial charge is 0.277 e. The number of pyridine rings is 1. The molecule has 4 rings (SSSR count). The van der Waals surface area contributed by atoms with Gasteiger partial charge in [-0.25, -0.2) is 5.43 Å². The standard InChI is InChI=1S/C29H28N4O5/c1-3-36-26-16-21(11-14-24(26)37-18-27(34)32-23-12-9-20(2)10-13-23)17-31-33-28(35)19-38-25-8-4-6-22-7-5-15-30-29(22)25/h4-17H,3,18-19H2,1-2H3,(H,32,34)(H,33,35)/b31-17-. The third-order valence-corrected chi connectivity index (χ3v) is 5.32. The van der Waals surface area contributed by atoms with E-state index in [2.05, 4.69) is 20.8 Å². The van der Waals surface area contributed by atoms with Gasteiger partial charge in [-0.05, 0) is 61.9 Å². The second kappa shape index (κ2) is 12.9. The highest BCUT2D eigenvalue weighted by Gasteiger charge is 2.10. The fraction of sp³-hybridized carbons (Fsp3) is 0.172. The van der Waals surface area contributed by atoms with Crippen LogP contribution in [0.3, 0.4) is 0 Å². The SMILES string of the molecule is CCOc1cc(/C=N\NC(=O)COc2cccc3cccnc23)ccc1OCC(=O)Nc1ccc(C)cc1. The summed E-state index contributed by atoms with van der Waals surface area (Å²) in [5.74, 6) is 0.693. The maximum absolute atomic E-state index is 12.3. The third kappa shape index (κ3) is 7.30. The summed E-state index contributed by atoms with van der Waals surface area (Å²) in [5.41, 5.74) is 5.60. The molecule has 0 aliphatic heterocycles. The minimum absolute atomic E-state index is 0.177. The van der Waals surface area contributed by atoms with E-state index in [0.717, 1.165) is 10.9 Å². The average molecular weight is 513 g/mol. The van der Waals surface area contributed by atoms with Crippen molar-refractivity contribution in [2.75, 3.05) is 25.1 Å². The summed E-state index contributed by atoms with van der Waals surface area (Å²) >= 11 is 0. The van der Waals surface area contributed by atoms with Gasteiger partial charge in [-0.15, -0.1) is 0 Å². The minimum Gasteiger partial charge on any atom is -0.490 e. The molecule has 0 saturated heterocycles. The molecule has 2 amide bonds. The number of nitrogens with zero attached hydrogens (tertiary/aromatic N) is 2. The van der Waals surface area contributed by atoms with Gasteiger partial charge >= 0.3 is 0 Å². The van der Waals surface area contributed by atoms with Crippen molar-refractivity contribution in [3.63, 3.8) is 0 Å². The summed E-state index contributed by atoms with van der Waals surface area (Å²) in [4.78, 5) is 28.8. The van der Waals surface area contributed by atoms with Crippen LogP contribution in [0.15, 0.2) is 84.1 Å². The van der Waals surface area contributed by atoms with Crippen LogP contribution in [0.25, 0.3) is 10.9 Å². The van der Waals surface area contributed by atoms with E-state index in [1.165, 1.54) is 6.21 Å². The quantitative estimate of drug-likeness (QED) is 0.226. The van der Waals surface area contributed by atoms with Crippen molar-refractivity contribution in [1.29, 1.82) is 0 Å². The Hall–Kier alpha value is -4.92. The highest BCUT2D eigenvalue weighted by molar-refractivity contribution is 5.92. The Bertz CT molecular complexity index is 1430. The number of carbonyl (C=O) groups is 2. The van der Waals surface area contributed by atoms with Gasteiger partial charge < -0.3 is 19.5 Å². The Morgan fingerprint density at radius 2 is 1.63 bits per heavy atom. The number of carbonyl (C=O) groups excluding carboxylic acids is 2. The van der Waals surface area contributed by atoms with E-state index in [9.17, 15) is 9.59 Å². The topological polar surface area (TPSA) is 111 Å². The number of fused-ring (bicyclic) bond motifs is 1. The van der Waals surface area contributed by atoms with E-state index >= 15 is 0 Å². The van der Waals surface area contributed by atoms with E-state index in [4.69, 9.17) is 14.2 Å². The lowest BCUT2D eigenvalue weighted by atomic mass is 10.2. The molecule has 2 N–H and O–H groups in total. The Kier molecular flexibility index (Phi) is 8.85. The fourth-order valence-electron chi connectivity index (χ4n) is 3.52. The van der Waals surface area contributed by atoms with Crippen LogP contribution >= 0.6 is 0 Å². The Balaban J connectivity index is 1.29. The summed E-state index contributed by atoms with van der Waals surface area (Å²) in [6.45, 7) is 3.84. The number of hydrogen-bond donors (Lipinski definition) is 2. The van der Waals surface area contributed by atoms with Crippen molar-refractivity contribution in [1.82, 2.24) is 10.4 Å². The van der Waals surface area contributed by atoms with E-state index < -0.39 is 5.91 Å². The summed E-state index contributed by atoms with van der Waals surface area (Å²) < 4.78 is 17.0. The number of ether oxygens (including phenoxy) is 3. The monoisotopic (exact) mass is 512 g/mol.